The van der Waals surface area contributed by atoms with Crippen molar-refractivity contribution in [1.82, 2.24) is 14.3 Å². The van der Waals surface area contributed by atoms with Crippen molar-refractivity contribution >= 4 is 27.5 Å². The monoisotopic (exact) mass is 451 g/mol. The molecule has 2 aromatic heterocycles. The molecule has 3 aromatic rings. The van der Waals surface area contributed by atoms with Gasteiger partial charge in [-0.25, -0.2) is 27.3 Å². The molecule has 30 heavy (non-hydrogen) atoms. The average Bonchev–Trinajstić information content (AvgIpc) is 3.22. The minimum Gasteiger partial charge on any atom is -0.464 e. The third-order valence-corrected chi connectivity index (χ3v) is 7.46. The van der Waals surface area contributed by atoms with Crippen molar-refractivity contribution in [3.05, 3.63) is 58.7 Å². The molecule has 0 saturated carbocycles. The molecular weight excluding hydrogens is 429 g/mol. The number of carbonyl (C=O) groups is 1. The SMILES string of the molecule is Cc1nccn1Cc1ccc(-c2cc(CC(C)C)sc2S(=O)(=O)NC(=O)O)cc1F. The topological polar surface area (TPSA) is 101 Å². The highest BCUT2D eigenvalue weighted by Crippen LogP contribution is 2.37. The minimum atomic E-state index is -4.29. The fourth-order valence-electron chi connectivity index (χ4n) is 3.09. The number of thiophene rings is 1. The van der Waals surface area contributed by atoms with E-state index in [9.17, 15) is 17.6 Å². The van der Waals surface area contributed by atoms with Crippen molar-refractivity contribution in [3.63, 3.8) is 0 Å². The van der Waals surface area contributed by atoms with Gasteiger partial charge in [0, 0.05) is 28.4 Å². The first-order chi connectivity index (χ1) is 14.1. The predicted octanol–water partition coefficient (Wildman–Crippen LogP) is 4.26. The molecule has 0 spiro atoms. The lowest BCUT2D eigenvalue weighted by molar-refractivity contribution is 0.201. The van der Waals surface area contributed by atoms with Crippen molar-refractivity contribution < 1.29 is 22.7 Å². The first-order valence-electron chi connectivity index (χ1n) is 9.22. The molecule has 0 aliphatic rings. The van der Waals surface area contributed by atoms with Crippen LogP contribution in [0, 0.1) is 18.7 Å². The molecule has 0 aliphatic carbocycles. The Kier molecular flexibility index (Phi) is 6.27. The zero-order chi connectivity index (χ0) is 22.1. The molecule has 1 aromatic carbocycles. The fraction of sp³-hybridized carbons (Fsp3) is 0.300. The number of nitrogens with zero attached hydrogens (tertiary/aromatic N) is 2. The molecule has 2 N–H and O–H groups in total. The molecule has 0 radical (unpaired) electrons. The third-order valence-electron chi connectivity index (χ3n) is 4.45. The molecular formula is C20H22FN3O4S2. The number of halogens is 1. The Bertz CT molecular complexity index is 1180. The van der Waals surface area contributed by atoms with E-state index < -0.39 is 21.9 Å². The number of sulfonamides is 1. The summed E-state index contributed by atoms with van der Waals surface area (Å²) in [5.74, 6) is 0.548. The number of hydrogen-bond acceptors (Lipinski definition) is 5. The maximum atomic E-state index is 14.8. The number of carboxylic acid groups (broad SMARTS) is 1. The van der Waals surface area contributed by atoms with Crippen molar-refractivity contribution in [2.24, 2.45) is 5.92 Å². The Morgan fingerprint density at radius 3 is 2.63 bits per heavy atom. The van der Waals surface area contributed by atoms with Gasteiger partial charge < -0.3 is 9.67 Å². The number of nitrogens with one attached hydrogen (secondary N) is 1. The second-order valence-corrected chi connectivity index (χ2v) is 10.3. The summed E-state index contributed by atoms with van der Waals surface area (Å²) in [4.78, 5) is 15.8. The summed E-state index contributed by atoms with van der Waals surface area (Å²) < 4.78 is 43.2. The Morgan fingerprint density at radius 1 is 1.33 bits per heavy atom. The highest BCUT2D eigenvalue weighted by molar-refractivity contribution is 7.92. The molecule has 3 rings (SSSR count). The van der Waals surface area contributed by atoms with Crippen LogP contribution in [0.15, 0.2) is 40.9 Å². The van der Waals surface area contributed by atoms with Gasteiger partial charge in [-0.15, -0.1) is 11.3 Å². The van der Waals surface area contributed by atoms with E-state index in [1.54, 1.807) is 39.9 Å². The predicted molar refractivity (Wildman–Crippen MR) is 113 cm³/mol. The normalized spacial score (nSPS) is 11.8. The van der Waals surface area contributed by atoms with Gasteiger partial charge in [-0.05, 0) is 37.0 Å². The van der Waals surface area contributed by atoms with Crippen LogP contribution in [0.5, 0.6) is 0 Å². The summed E-state index contributed by atoms with van der Waals surface area (Å²) in [6.45, 7) is 6.11. The zero-order valence-corrected chi connectivity index (χ0v) is 18.3. The van der Waals surface area contributed by atoms with Crippen LogP contribution >= 0.6 is 11.3 Å². The van der Waals surface area contributed by atoms with E-state index in [-0.39, 0.29) is 15.7 Å². The Labute approximate surface area is 178 Å². The summed E-state index contributed by atoms with van der Waals surface area (Å²) in [5, 5.41) is 8.90. The van der Waals surface area contributed by atoms with Gasteiger partial charge in [0.1, 0.15) is 15.9 Å². The lowest BCUT2D eigenvalue weighted by Gasteiger charge is -2.09. The van der Waals surface area contributed by atoms with E-state index in [0.717, 1.165) is 22.0 Å². The molecule has 0 saturated heterocycles. The number of hydrogen-bond donors (Lipinski definition) is 2. The molecule has 10 heteroatoms. The molecule has 7 nitrogen and oxygen atoms in total. The highest BCUT2D eigenvalue weighted by Gasteiger charge is 2.26. The van der Waals surface area contributed by atoms with Crippen LogP contribution in [-0.4, -0.2) is 29.2 Å². The first kappa shape index (κ1) is 22.0. The number of imidazole rings is 1. The van der Waals surface area contributed by atoms with Crippen molar-refractivity contribution in [2.45, 2.75) is 37.9 Å². The maximum absolute atomic E-state index is 14.8. The van der Waals surface area contributed by atoms with Gasteiger partial charge in [-0.1, -0.05) is 26.0 Å². The first-order valence-corrected chi connectivity index (χ1v) is 11.5. The van der Waals surface area contributed by atoms with Crippen molar-refractivity contribution in [2.75, 3.05) is 0 Å². The molecule has 0 bridgehead atoms. The van der Waals surface area contributed by atoms with Crippen molar-refractivity contribution in [1.29, 1.82) is 0 Å². The third kappa shape index (κ3) is 4.88. The van der Waals surface area contributed by atoms with Gasteiger partial charge in [-0.3, -0.25) is 0 Å². The molecule has 0 atom stereocenters. The van der Waals surface area contributed by atoms with E-state index >= 15 is 0 Å². The second-order valence-electron chi connectivity index (χ2n) is 7.33. The van der Waals surface area contributed by atoms with E-state index in [4.69, 9.17) is 5.11 Å². The van der Waals surface area contributed by atoms with Gasteiger partial charge in [0.05, 0.1) is 6.54 Å². The number of rotatable bonds is 7. The summed E-state index contributed by atoms with van der Waals surface area (Å²) in [6, 6.07) is 6.22. The minimum absolute atomic E-state index is 0.141. The summed E-state index contributed by atoms with van der Waals surface area (Å²) in [5.41, 5.74) is 1.09. The molecule has 1 amide bonds. The smallest absolute Gasteiger partial charge is 0.418 e. The number of benzene rings is 1. The Balaban J connectivity index is 2.03. The number of aromatic nitrogens is 2. The van der Waals surface area contributed by atoms with Crippen LogP contribution < -0.4 is 4.72 Å². The largest absolute Gasteiger partial charge is 0.464 e. The number of amides is 1. The van der Waals surface area contributed by atoms with Crippen LogP contribution in [0.3, 0.4) is 0 Å². The lowest BCUT2D eigenvalue weighted by atomic mass is 10.0. The average molecular weight is 452 g/mol. The molecule has 0 unspecified atom stereocenters. The van der Waals surface area contributed by atoms with E-state index in [0.29, 0.717) is 24.1 Å². The quantitative estimate of drug-likeness (QED) is 0.559. The van der Waals surface area contributed by atoms with Crippen LogP contribution in [-0.2, 0) is 23.0 Å². The maximum Gasteiger partial charge on any atom is 0.418 e. The van der Waals surface area contributed by atoms with Gasteiger partial charge in [0.2, 0.25) is 0 Å². The molecule has 0 fully saturated rings. The van der Waals surface area contributed by atoms with Crippen LogP contribution in [0.1, 0.15) is 30.1 Å². The van der Waals surface area contributed by atoms with E-state index in [2.05, 4.69) is 4.98 Å². The van der Waals surface area contributed by atoms with Crippen LogP contribution in [0.2, 0.25) is 0 Å². The summed E-state index contributed by atoms with van der Waals surface area (Å²) in [6.07, 6.45) is 2.34. The lowest BCUT2D eigenvalue weighted by Crippen LogP contribution is -2.28. The van der Waals surface area contributed by atoms with Gasteiger partial charge in [-0.2, -0.15) is 0 Å². The standard InChI is InChI=1S/C20H22FN3O4S2/c1-12(2)8-16-10-17(19(29-16)30(27,28)23-20(25)26)14-4-5-15(18(21)9-14)11-24-7-6-22-13(24)3/h4-7,9-10,12,23H,8,11H2,1-3H3,(H,25,26). The molecule has 2 heterocycles. The number of aryl methyl sites for hydroxylation is 1. The van der Waals surface area contributed by atoms with Gasteiger partial charge >= 0.3 is 6.09 Å². The van der Waals surface area contributed by atoms with Crippen LogP contribution in [0.4, 0.5) is 9.18 Å². The van der Waals surface area contributed by atoms with Crippen LogP contribution in [0.25, 0.3) is 11.1 Å². The molecule has 0 aliphatic heterocycles. The highest BCUT2D eigenvalue weighted by atomic mass is 32.2. The zero-order valence-electron chi connectivity index (χ0n) is 16.7. The summed E-state index contributed by atoms with van der Waals surface area (Å²) >= 11 is 0.999. The second kappa shape index (κ2) is 8.57. The van der Waals surface area contributed by atoms with E-state index in [1.807, 2.05) is 20.8 Å². The fourth-order valence-corrected chi connectivity index (χ4v) is 5.88. The Morgan fingerprint density at radius 2 is 2.07 bits per heavy atom. The van der Waals surface area contributed by atoms with Gasteiger partial charge in [0.25, 0.3) is 10.0 Å². The molecule has 160 valence electrons. The Hall–Kier alpha value is -2.72. The summed E-state index contributed by atoms with van der Waals surface area (Å²) in [7, 11) is -4.29. The van der Waals surface area contributed by atoms with E-state index in [1.165, 1.54) is 6.07 Å². The van der Waals surface area contributed by atoms with Gasteiger partial charge in [0.15, 0.2) is 0 Å². The van der Waals surface area contributed by atoms with Crippen molar-refractivity contribution in [3.8, 4) is 11.1 Å².